The molecule has 0 rings (SSSR count). The minimum Gasteiger partial charge on any atom is -0.481 e. The molecule has 0 aliphatic heterocycles. The van der Waals surface area contributed by atoms with Gasteiger partial charge in [-0.05, 0) is 6.37 Å². The van der Waals surface area contributed by atoms with Crippen molar-refractivity contribution in [2.75, 3.05) is 0 Å². The van der Waals surface area contributed by atoms with E-state index in [1.165, 1.54) is 77.0 Å². The van der Waals surface area contributed by atoms with E-state index in [-0.39, 0.29) is 6.42 Å². The second-order valence-corrected chi connectivity index (χ2v) is 6.95. The molecule has 0 bridgehead atoms. The van der Waals surface area contributed by atoms with Crippen LogP contribution in [0.5, 0.6) is 0 Å². The first kappa shape index (κ1) is 16.9. The van der Waals surface area contributed by atoms with Crippen LogP contribution >= 0.6 is 0 Å². The monoisotopic (exact) mass is 344 g/mol. The van der Waals surface area contributed by atoms with Gasteiger partial charge in [0.1, 0.15) is 0 Å². The van der Waals surface area contributed by atoms with E-state index in [2.05, 4.69) is 6.92 Å². The Balaban J connectivity index is 3.48. The van der Waals surface area contributed by atoms with E-state index >= 15 is 0 Å². The highest BCUT2D eigenvalue weighted by molar-refractivity contribution is 5.66. The lowest BCUT2D eigenvalue weighted by Crippen LogP contribution is -1.93. The normalized spacial score (nSPS) is 14.7. The molecule has 0 amide bonds. The first-order valence-electron chi connectivity index (χ1n) is 12.4. The zero-order valence-electron chi connectivity index (χ0n) is 20.1. The van der Waals surface area contributed by atoms with Crippen LogP contribution in [0.4, 0.5) is 0 Å². The highest BCUT2D eigenvalue weighted by Crippen LogP contribution is 2.14. The molecule has 0 saturated heterocycles. The molecule has 0 aliphatic carbocycles. The Morgan fingerprint density at radius 2 is 1.00 bits per heavy atom. The number of hydrogen-bond donors (Lipinski definition) is 1. The van der Waals surface area contributed by atoms with E-state index in [1.54, 1.807) is 0 Å². The lowest BCUT2D eigenvalue weighted by Gasteiger charge is -2.03. The van der Waals surface area contributed by atoms with Crippen LogP contribution in [0.15, 0.2) is 0 Å². The SMILES string of the molecule is [2H]C([2H])(CCCCCCCCCCCCCCCCC)CC([2H])([2H])CC(=O)O. The maximum absolute atomic E-state index is 10.6. The molecule has 0 radical (unpaired) electrons. The van der Waals surface area contributed by atoms with Crippen LogP contribution in [0, 0.1) is 0 Å². The molecule has 24 heavy (non-hydrogen) atoms. The lowest BCUT2D eigenvalue weighted by molar-refractivity contribution is -0.137. The average molecular weight is 345 g/mol. The van der Waals surface area contributed by atoms with Crippen molar-refractivity contribution >= 4 is 5.97 Å². The second kappa shape index (κ2) is 20.5. The Morgan fingerprint density at radius 3 is 1.38 bits per heavy atom. The van der Waals surface area contributed by atoms with Gasteiger partial charge in [-0.3, -0.25) is 4.79 Å². The van der Waals surface area contributed by atoms with Crippen LogP contribution in [0.25, 0.3) is 0 Å². The third-order valence-corrected chi connectivity index (χ3v) is 4.48. The van der Waals surface area contributed by atoms with Crippen molar-refractivity contribution in [3.8, 4) is 0 Å². The predicted octanol–water partition coefficient (Wildman–Crippen LogP) is 7.89. The van der Waals surface area contributed by atoms with Crippen LogP contribution in [0.3, 0.4) is 0 Å². The lowest BCUT2D eigenvalue weighted by atomic mass is 10.0. The van der Waals surface area contributed by atoms with Gasteiger partial charge in [0.2, 0.25) is 0 Å². The van der Waals surface area contributed by atoms with Gasteiger partial charge in [-0.2, -0.15) is 0 Å². The van der Waals surface area contributed by atoms with Gasteiger partial charge >= 0.3 is 5.97 Å². The Morgan fingerprint density at radius 1 is 0.625 bits per heavy atom. The van der Waals surface area contributed by atoms with Gasteiger partial charge in [-0.15, -0.1) is 0 Å². The topological polar surface area (TPSA) is 37.3 Å². The van der Waals surface area contributed by atoms with Crippen molar-refractivity contribution < 1.29 is 15.4 Å². The van der Waals surface area contributed by atoms with Gasteiger partial charge in [0.25, 0.3) is 0 Å². The van der Waals surface area contributed by atoms with Crippen LogP contribution in [0.1, 0.15) is 141 Å². The van der Waals surface area contributed by atoms with E-state index in [4.69, 9.17) is 10.6 Å². The van der Waals surface area contributed by atoms with Crippen molar-refractivity contribution in [3.05, 3.63) is 0 Å². The van der Waals surface area contributed by atoms with E-state index < -0.39 is 25.1 Å². The summed E-state index contributed by atoms with van der Waals surface area (Å²) in [6, 6.07) is 0. The Labute approximate surface area is 157 Å². The Kier molecular flexibility index (Phi) is 14.5. The fraction of sp³-hybridized carbons (Fsp3) is 0.955. The maximum Gasteiger partial charge on any atom is 0.303 e. The summed E-state index contributed by atoms with van der Waals surface area (Å²) in [7, 11) is 0. The number of hydrogen-bond acceptors (Lipinski definition) is 1. The molecule has 0 aliphatic rings. The molecule has 1 N–H and O–H groups in total. The maximum atomic E-state index is 10.6. The minimum absolute atomic E-state index is 0.310. The highest BCUT2D eigenvalue weighted by Gasteiger charge is 1.97. The summed E-state index contributed by atoms with van der Waals surface area (Å²) in [6.07, 6.45) is 14.6. The van der Waals surface area contributed by atoms with E-state index in [0.717, 1.165) is 19.3 Å². The highest BCUT2D eigenvalue weighted by atomic mass is 16.4. The van der Waals surface area contributed by atoms with E-state index in [1.807, 2.05) is 0 Å². The molecule has 0 heterocycles. The third-order valence-electron chi connectivity index (χ3n) is 4.48. The number of carboxylic acid groups (broad SMARTS) is 1. The number of aliphatic carboxylic acids is 1. The molecule has 2 nitrogen and oxygen atoms in total. The summed E-state index contributed by atoms with van der Waals surface area (Å²) in [5.74, 6) is -1.22. The van der Waals surface area contributed by atoms with Gasteiger partial charge in [-0.1, -0.05) is 122 Å². The molecule has 0 aromatic carbocycles. The molecule has 0 spiro atoms. The minimum atomic E-state index is -1.98. The Bertz CT molecular complexity index is 387. The van der Waals surface area contributed by atoms with Crippen LogP contribution in [0.2, 0.25) is 0 Å². The summed E-state index contributed by atoms with van der Waals surface area (Å²) in [5, 5.41) is 8.70. The molecule has 0 atom stereocenters. The summed E-state index contributed by atoms with van der Waals surface area (Å²) in [5.41, 5.74) is 0. The van der Waals surface area contributed by atoms with Gasteiger partial charge < -0.3 is 5.11 Å². The number of carbonyl (C=O) groups is 1. The summed E-state index contributed by atoms with van der Waals surface area (Å²) in [4.78, 5) is 10.6. The van der Waals surface area contributed by atoms with Crippen LogP contribution in [-0.2, 0) is 4.79 Å². The molecule has 144 valence electrons. The quantitative estimate of drug-likeness (QED) is 0.228. The fourth-order valence-corrected chi connectivity index (χ4v) is 2.97. The second-order valence-electron chi connectivity index (χ2n) is 6.95. The number of rotatable bonds is 20. The summed E-state index contributed by atoms with van der Waals surface area (Å²) >= 11 is 0. The molecule has 0 aromatic rings. The smallest absolute Gasteiger partial charge is 0.303 e. The van der Waals surface area contributed by atoms with Crippen molar-refractivity contribution in [2.45, 2.75) is 135 Å². The number of carboxylic acids is 1. The molecule has 0 unspecified atom stereocenters. The van der Waals surface area contributed by atoms with Crippen molar-refractivity contribution in [1.29, 1.82) is 0 Å². The largest absolute Gasteiger partial charge is 0.481 e. The summed E-state index contributed by atoms with van der Waals surface area (Å²) in [6.45, 7) is 2.25. The van der Waals surface area contributed by atoms with Crippen LogP contribution in [-0.4, -0.2) is 11.1 Å². The molecule has 0 fully saturated rings. The third kappa shape index (κ3) is 21.5. The van der Waals surface area contributed by atoms with Gasteiger partial charge in [0, 0.05) is 11.9 Å². The standard InChI is InChI=1S/C22H44O2/c1-2-3-4-5-6-7-8-9-10-11-12-13-14-15-16-17-18-19-20-21-22(23)24/h2-21H2,1H3,(H,23,24)/i18D2,20D2. The van der Waals surface area contributed by atoms with Gasteiger partial charge in [0.05, 0.1) is 0 Å². The zero-order valence-corrected chi connectivity index (χ0v) is 16.1. The molecular weight excluding hydrogens is 296 g/mol. The van der Waals surface area contributed by atoms with E-state index in [0.29, 0.717) is 6.42 Å². The molecule has 0 saturated carbocycles. The van der Waals surface area contributed by atoms with Gasteiger partial charge in [0.15, 0.2) is 0 Å². The first-order chi connectivity index (χ1) is 13.2. The van der Waals surface area contributed by atoms with Crippen molar-refractivity contribution in [1.82, 2.24) is 0 Å². The molecular formula is C22H44O2. The predicted molar refractivity (Wildman–Crippen MR) is 106 cm³/mol. The van der Waals surface area contributed by atoms with E-state index in [9.17, 15) is 4.79 Å². The van der Waals surface area contributed by atoms with Crippen LogP contribution < -0.4 is 0 Å². The average Bonchev–Trinajstić information content (AvgIpc) is 2.56. The van der Waals surface area contributed by atoms with Gasteiger partial charge in [-0.25, -0.2) is 0 Å². The molecule has 0 aromatic heterocycles. The molecule has 2 heteroatoms. The fourth-order valence-electron chi connectivity index (χ4n) is 2.97. The van der Waals surface area contributed by atoms with Crippen molar-refractivity contribution in [2.24, 2.45) is 0 Å². The van der Waals surface area contributed by atoms with Crippen molar-refractivity contribution in [3.63, 3.8) is 0 Å². The number of unbranched alkanes of at least 4 members (excludes halogenated alkanes) is 14. The Hall–Kier alpha value is -0.530. The zero-order chi connectivity index (χ0) is 21.3. The first-order valence-corrected chi connectivity index (χ1v) is 10.4. The summed E-state index contributed by atoms with van der Waals surface area (Å²) < 4.78 is 31.2.